The molecular weight excluding hydrogens is 1210 g/mol. The highest BCUT2D eigenvalue weighted by molar-refractivity contribution is 5.93. The molecule has 0 aromatic heterocycles. The molecule has 24 nitrogen and oxygen atoms in total. The summed E-state index contributed by atoms with van der Waals surface area (Å²) in [5.41, 5.74) is -1.59. The van der Waals surface area contributed by atoms with Crippen molar-refractivity contribution in [2.75, 3.05) is 52.9 Å². The fourth-order valence-electron chi connectivity index (χ4n) is 4.98. The Kier molecular flexibility index (Phi) is 49.9. The molecule has 522 valence electrons. The zero-order valence-corrected chi connectivity index (χ0v) is 57.6. The summed E-state index contributed by atoms with van der Waals surface area (Å²) in [6.45, 7) is 30.5. The van der Waals surface area contributed by atoms with Gasteiger partial charge in [0.05, 0.1) is 52.5 Å². The molecule has 0 radical (unpaired) electrons. The van der Waals surface area contributed by atoms with Gasteiger partial charge in [-0.1, -0.05) is 67.5 Å². The number of carbonyl (C=O) groups excluding carboxylic acids is 7. The molecule has 0 saturated heterocycles. The second-order valence-electron chi connectivity index (χ2n) is 23.0. The molecule has 3 aromatic carbocycles. The Hall–Kier alpha value is -8.50. The second-order valence-corrected chi connectivity index (χ2v) is 23.0. The van der Waals surface area contributed by atoms with Crippen LogP contribution in [-0.2, 0) is 52.3 Å². The van der Waals surface area contributed by atoms with Gasteiger partial charge in [0.2, 0.25) is 0 Å². The van der Waals surface area contributed by atoms with Gasteiger partial charge in [0.15, 0.2) is 0 Å². The van der Waals surface area contributed by atoms with Gasteiger partial charge >= 0.3 is 41.8 Å². The van der Waals surface area contributed by atoms with Gasteiger partial charge in [0.25, 0.3) is 0 Å². The molecule has 0 aliphatic rings. The summed E-state index contributed by atoms with van der Waals surface area (Å²) in [4.78, 5) is 81.0. The highest BCUT2D eigenvalue weighted by atomic mass is 16.6. The van der Waals surface area contributed by atoms with E-state index in [1.54, 1.807) is 60.6 Å². The van der Waals surface area contributed by atoms with Crippen LogP contribution in [0.15, 0.2) is 66.7 Å². The number of nitrogens with zero attached hydrogens (tertiary/aromatic N) is 3. The summed E-state index contributed by atoms with van der Waals surface area (Å²) in [6.07, 6.45) is 3.37. The van der Waals surface area contributed by atoms with Gasteiger partial charge in [-0.05, 0) is 156 Å². The van der Waals surface area contributed by atoms with Crippen LogP contribution in [-0.4, -0.2) is 143 Å². The quantitative estimate of drug-likeness (QED) is 0.0212. The van der Waals surface area contributed by atoms with E-state index >= 15 is 0 Å². The molecule has 0 amide bonds. The average Bonchev–Trinajstić information content (AvgIpc) is 3.04. The molecule has 3 aromatic rings. The minimum Gasteiger partial charge on any atom is -0.508 e. The van der Waals surface area contributed by atoms with Crippen molar-refractivity contribution in [2.45, 2.75) is 175 Å². The van der Waals surface area contributed by atoms with E-state index in [0.717, 1.165) is 31.7 Å². The molecule has 0 saturated carbocycles. The van der Waals surface area contributed by atoms with E-state index in [0.29, 0.717) is 19.3 Å². The number of aliphatic hydroxyl groups excluding tert-OH is 3. The number of para-hydroxylation sites is 1. The van der Waals surface area contributed by atoms with E-state index < -0.39 is 58.3 Å². The van der Waals surface area contributed by atoms with Crippen molar-refractivity contribution < 1.29 is 102 Å². The van der Waals surface area contributed by atoms with Crippen LogP contribution in [0.4, 0.5) is 0 Å². The minimum atomic E-state index is -1.12. The van der Waals surface area contributed by atoms with Gasteiger partial charge < -0.3 is 68.9 Å². The summed E-state index contributed by atoms with van der Waals surface area (Å²) >= 11 is 0. The Bertz CT molecular complexity index is 2720. The maximum atomic E-state index is 11.7. The zero-order chi connectivity index (χ0) is 72.5. The summed E-state index contributed by atoms with van der Waals surface area (Å²) in [6, 6.07) is 21.4. The number of nitriles is 3. The van der Waals surface area contributed by atoms with E-state index in [9.17, 15) is 54.0 Å². The fourth-order valence-corrected chi connectivity index (χ4v) is 4.98. The number of aliphatic hydroxyl groups is 3. The lowest BCUT2D eigenvalue weighted by molar-refractivity contribution is -0.158. The Balaban J connectivity index is -0.000000531. The largest absolute Gasteiger partial charge is 0.508 e. The van der Waals surface area contributed by atoms with Crippen molar-refractivity contribution in [2.24, 2.45) is 39.9 Å². The van der Waals surface area contributed by atoms with Crippen LogP contribution in [0.3, 0.4) is 0 Å². The van der Waals surface area contributed by atoms with Crippen LogP contribution in [0.25, 0.3) is 0 Å². The molecule has 24 heteroatoms. The third kappa shape index (κ3) is 43.1. The molecule has 0 heterocycles. The topological polar surface area (TPSA) is 397 Å². The van der Waals surface area contributed by atoms with Crippen LogP contribution in [0.2, 0.25) is 0 Å². The highest BCUT2D eigenvalue weighted by Gasteiger charge is 2.30. The number of ether oxygens (including phenoxy) is 7. The first-order valence-electron chi connectivity index (χ1n) is 30.9. The maximum absolute atomic E-state index is 11.7. The molecule has 6 atom stereocenters. The number of hydrogen-bond donors (Lipinski definition) is 7. The van der Waals surface area contributed by atoms with E-state index in [4.69, 9.17) is 59.5 Å². The van der Waals surface area contributed by atoms with Gasteiger partial charge in [0, 0.05) is 23.8 Å². The molecule has 0 aliphatic carbocycles. The van der Waals surface area contributed by atoms with Crippen molar-refractivity contribution in [1.29, 1.82) is 15.8 Å². The Labute approximate surface area is 550 Å². The lowest BCUT2D eigenvalue weighted by Crippen LogP contribution is -2.31. The smallest absolute Gasteiger partial charge is 0.342 e. The second kappa shape index (κ2) is 51.1. The van der Waals surface area contributed by atoms with Gasteiger partial charge in [-0.2, -0.15) is 15.8 Å². The highest BCUT2D eigenvalue weighted by Crippen LogP contribution is 2.25. The number of phenolic OH excluding ortho intramolecular Hbond substituents is 4. The first-order valence-corrected chi connectivity index (χ1v) is 30.9. The maximum Gasteiger partial charge on any atom is 0.342 e. The monoisotopic (exact) mass is 1310 g/mol. The molecular formula is C69H105N3O21. The number of phenols is 4. The van der Waals surface area contributed by atoms with Crippen molar-refractivity contribution in [3.8, 4) is 41.2 Å². The number of hydrogen-bond acceptors (Lipinski definition) is 24. The summed E-state index contributed by atoms with van der Waals surface area (Å²) in [5.74, 6) is -3.53. The predicted octanol–water partition coefficient (Wildman–Crippen LogP) is 11.2. The molecule has 0 spiro atoms. The van der Waals surface area contributed by atoms with Crippen LogP contribution in [0.1, 0.15) is 194 Å². The first kappa shape index (κ1) is 90.9. The number of esters is 7. The van der Waals surface area contributed by atoms with Crippen molar-refractivity contribution >= 4 is 41.8 Å². The van der Waals surface area contributed by atoms with E-state index in [2.05, 4.69) is 22.9 Å². The molecule has 0 fully saturated rings. The minimum absolute atomic E-state index is 0.0128. The molecule has 0 aliphatic heterocycles. The Morgan fingerprint density at radius 2 is 0.806 bits per heavy atom. The third-order valence-corrected chi connectivity index (χ3v) is 13.8. The normalized spacial score (nSPS) is 12.3. The third-order valence-electron chi connectivity index (χ3n) is 13.8. The summed E-state index contributed by atoms with van der Waals surface area (Å²) in [7, 11) is 0. The van der Waals surface area contributed by atoms with E-state index in [1.807, 2.05) is 69.2 Å². The summed E-state index contributed by atoms with van der Waals surface area (Å²) in [5, 5.41) is 89.2. The van der Waals surface area contributed by atoms with Crippen molar-refractivity contribution in [3.05, 3.63) is 83.4 Å². The molecule has 7 N–H and O–H groups in total. The van der Waals surface area contributed by atoms with Crippen molar-refractivity contribution in [1.82, 2.24) is 0 Å². The molecule has 6 unspecified atom stereocenters. The van der Waals surface area contributed by atoms with Gasteiger partial charge in [-0.3, -0.25) is 19.2 Å². The predicted molar refractivity (Wildman–Crippen MR) is 347 cm³/mol. The van der Waals surface area contributed by atoms with Crippen LogP contribution in [0.5, 0.6) is 23.0 Å². The van der Waals surface area contributed by atoms with Gasteiger partial charge in [0.1, 0.15) is 92.6 Å². The van der Waals surface area contributed by atoms with Gasteiger partial charge in [-0.25, -0.2) is 14.4 Å². The number of aromatic hydroxyl groups is 4. The van der Waals surface area contributed by atoms with Crippen LogP contribution in [0, 0.1) is 73.9 Å². The average molecular weight is 1310 g/mol. The summed E-state index contributed by atoms with van der Waals surface area (Å²) < 4.78 is 34.3. The van der Waals surface area contributed by atoms with E-state index in [1.165, 1.54) is 48.5 Å². The molecule has 3 rings (SSSR count). The first-order chi connectivity index (χ1) is 43.5. The molecule has 0 bridgehead atoms. The lowest BCUT2D eigenvalue weighted by Gasteiger charge is -2.21. The Morgan fingerprint density at radius 3 is 1.17 bits per heavy atom. The zero-order valence-electron chi connectivity index (χ0n) is 57.6. The molecule has 93 heavy (non-hydrogen) atoms. The Morgan fingerprint density at radius 1 is 0.441 bits per heavy atom. The lowest BCUT2D eigenvalue weighted by atomic mass is 9.91. The van der Waals surface area contributed by atoms with Crippen molar-refractivity contribution in [3.63, 3.8) is 0 Å². The van der Waals surface area contributed by atoms with Crippen LogP contribution < -0.4 is 0 Å². The van der Waals surface area contributed by atoms with Gasteiger partial charge in [-0.15, -0.1) is 0 Å². The number of rotatable bonds is 27. The number of benzene rings is 3. The standard InChI is InChI=1S/2C16H22O6.C15H20O6.C7H14O3.3C5H9N/c1-4-16(2,3)15(20)22-10-13(18)9-21-14(19)11-5-7-12(17)8-6-11;1-4-16(2,3)15(20)22-10-11(17)9-21-14(19)12-7-5-6-8-13(12)18;1-4-15(2,3)14(19)21-8-7-20-13(18)11-6-5-10(16)9-12(11)17;1-3-6(2)7(9)10-5-4-8;3*1-3-5(2)4-6/h5-8,13,17-18H,4,9-10H2,1-3H3;5-8,11,17-18H,4,9-10H2,1-3H3;5-6,9,16-17H,4,7-8H2,1-3H3;6,8H,3-5H2,1-2H3;3*5H,3H2,1-2H3. The number of carbonyl (C=O) groups is 7. The SMILES string of the molecule is CCC(C)(C)C(=O)OCC(O)COC(=O)c1ccc(O)cc1.CCC(C)(C)C(=O)OCC(O)COC(=O)c1ccccc1O.CCC(C)(C)C(=O)OCCOC(=O)c1ccc(O)cc1O.CCC(C)C#N.CCC(C)C#N.CCC(C)C#N.CCC(C)C(=O)OCCO. The fraction of sp³-hybridized carbons (Fsp3) is 0.594. The van der Waals surface area contributed by atoms with E-state index in [-0.39, 0.29) is 128 Å². The van der Waals surface area contributed by atoms with Crippen LogP contribution >= 0.6 is 0 Å².